The van der Waals surface area contributed by atoms with E-state index in [0.717, 1.165) is 5.69 Å². The zero-order valence-electron chi connectivity index (χ0n) is 11.4. The zero-order valence-corrected chi connectivity index (χ0v) is 11.4. The largest absolute Gasteiger partial charge is 0.481 e. The molecule has 0 aliphatic heterocycles. The minimum absolute atomic E-state index is 0.00980. The van der Waals surface area contributed by atoms with Gasteiger partial charge < -0.3 is 10.0 Å². The van der Waals surface area contributed by atoms with Crippen molar-refractivity contribution in [3.63, 3.8) is 0 Å². The van der Waals surface area contributed by atoms with Gasteiger partial charge in [0, 0.05) is 30.9 Å². The van der Waals surface area contributed by atoms with Crippen LogP contribution in [0.4, 0.5) is 0 Å². The van der Waals surface area contributed by atoms with Crippen LogP contribution in [0.15, 0.2) is 24.4 Å². The van der Waals surface area contributed by atoms with Crippen molar-refractivity contribution in [3.8, 4) is 0 Å². The molecular weight excluding hydrogens is 244 g/mol. The molecule has 5 nitrogen and oxygen atoms in total. The van der Waals surface area contributed by atoms with Crippen molar-refractivity contribution in [2.75, 3.05) is 6.54 Å². The molecule has 1 rings (SSSR count). The molecule has 0 spiro atoms. The van der Waals surface area contributed by atoms with Crippen molar-refractivity contribution in [1.82, 2.24) is 9.88 Å². The second kappa shape index (κ2) is 7.51. The summed E-state index contributed by atoms with van der Waals surface area (Å²) in [6, 6.07) is 5.61. The Bertz CT molecular complexity index is 418. The third-order valence-corrected chi connectivity index (χ3v) is 2.83. The standard InChI is InChI=1S/C14H20N2O3/c1-11(2)16(10-8-14(18)19)13(17)7-6-12-5-3-4-9-15-12/h3-5,9,11H,6-8,10H2,1-2H3,(H,18,19). The summed E-state index contributed by atoms with van der Waals surface area (Å²) in [4.78, 5) is 28.4. The molecular formula is C14H20N2O3. The number of carbonyl (C=O) groups is 2. The highest BCUT2D eigenvalue weighted by Crippen LogP contribution is 2.06. The lowest BCUT2D eigenvalue weighted by Gasteiger charge is -2.26. The Morgan fingerprint density at radius 1 is 1.32 bits per heavy atom. The van der Waals surface area contributed by atoms with Gasteiger partial charge in [-0.1, -0.05) is 6.07 Å². The maximum absolute atomic E-state index is 12.1. The molecule has 0 saturated heterocycles. The minimum Gasteiger partial charge on any atom is -0.481 e. The van der Waals surface area contributed by atoms with Crippen LogP contribution < -0.4 is 0 Å². The van der Waals surface area contributed by atoms with Crippen LogP contribution in [-0.2, 0) is 16.0 Å². The highest BCUT2D eigenvalue weighted by atomic mass is 16.4. The van der Waals surface area contributed by atoms with Crippen LogP contribution in [0.2, 0.25) is 0 Å². The number of carboxylic acid groups (broad SMARTS) is 1. The lowest BCUT2D eigenvalue weighted by atomic mass is 10.2. The van der Waals surface area contributed by atoms with E-state index in [1.807, 2.05) is 32.0 Å². The van der Waals surface area contributed by atoms with E-state index in [1.165, 1.54) is 0 Å². The summed E-state index contributed by atoms with van der Waals surface area (Å²) in [7, 11) is 0. The molecule has 0 radical (unpaired) electrons. The normalized spacial score (nSPS) is 10.5. The Balaban J connectivity index is 2.50. The van der Waals surface area contributed by atoms with Crippen molar-refractivity contribution >= 4 is 11.9 Å². The van der Waals surface area contributed by atoms with Gasteiger partial charge in [0.1, 0.15) is 0 Å². The van der Waals surface area contributed by atoms with Gasteiger partial charge in [-0.15, -0.1) is 0 Å². The molecule has 1 N–H and O–H groups in total. The monoisotopic (exact) mass is 264 g/mol. The van der Waals surface area contributed by atoms with E-state index in [-0.39, 0.29) is 24.9 Å². The Morgan fingerprint density at radius 3 is 2.58 bits per heavy atom. The number of amides is 1. The van der Waals surface area contributed by atoms with Crippen LogP contribution in [0, 0.1) is 0 Å². The Hall–Kier alpha value is -1.91. The zero-order chi connectivity index (χ0) is 14.3. The van der Waals surface area contributed by atoms with E-state index in [4.69, 9.17) is 5.11 Å². The SMILES string of the molecule is CC(C)N(CCC(=O)O)C(=O)CCc1ccccn1. The molecule has 1 heterocycles. The number of hydrogen-bond donors (Lipinski definition) is 1. The molecule has 0 aliphatic carbocycles. The predicted octanol–water partition coefficient (Wildman–Crippen LogP) is 1.73. The summed E-state index contributed by atoms with van der Waals surface area (Å²) >= 11 is 0. The van der Waals surface area contributed by atoms with E-state index in [2.05, 4.69) is 4.98 Å². The van der Waals surface area contributed by atoms with Crippen LogP contribution >= 0.6 is 0 Å². The number of pyridine rings is 1. The molecule has 1 aromatic heterocycles. The maximum atomic E-state index is 12.1. The van der Waals surface area contributed by atoms with E-state index in [0.29, 0.717) is 12.8 Å². The summed E-state index contributed by atoms with van der Waals surface area (Å²) < 4.78 is 0. The van der Waals surface area contributed by atoms with Crippen LogP contribution in [0.5, 0.6) is 0 Å². The van der Waals surface area contributed by atoms with E-state index < -0.39 is 5.97 Å². The first kappa shape index (κ1) is 15.1. The molecule has 1 aromatic rings. The molecule has 19 heavy (non-hydrogen) atoms. The summed E-state index contributed by atoms with van der Waals surface area (Å²) in [5.74, 6) is -0.912. The molecule has 0 unspecified atom stereocenters. The second-order valence-electron chi connectivity index (χ2n) is 4.65. The first-order chi connectivity index (χ1) is 9.00. The van der Waals surface area contributed by atoms with Crippen molar-refractivity contribution in [3.05, 3.63) is 30.1 Å². The van der Waals surface area contributed by atoms with Gasteiger partial charge in [0.05, 0.1) is 6.42 Å². The average molecular weight is 264 g/mol. The van der Waals surface area contributed by atoms with Gasteiger partial charge in [0.15, 0.2) is 0 Å². The highest BCUT2D eigenvalue weighted by Gasteiger charge is 2.17. The van der Waals surface area contributed by atoms with Crippen molar-refractivity contribution in [2.45, 2.75) is 39.2 Å². The third kappa shape index (κ3) is 5.50. The van der Waals surface area contributed by atoms with Gasteiger partial charge in [-0.25, -0.2) is 0 Å². The van der Waals surface area contributed by atoms with E-state index >= 15 is 0 Å². The average Bonchev–Trinajstić information content (AvgIpc) is 2.37. The lowest BCUT2D eigenvalue weighted by Crippen LogP contribution is -2.38. The molecule has 0 atom stereocenters. The molecule has 104 valence electrons. The van der Waals surface area contributed by atoms with Gasteiger partial charge >= 0.3 is 5.97 Å². The van der Waals surface area contributed by atoms with E-state index in [9.17, 15) is 9.59 Å². The molecule has 0 fully saturated rings. The molecule has 0 aliphatic rings. The summed E-state index contributed by atoms with van der Waals surface area (Å²) in [5.41, 5.74) is 0.873. The van der Waals surface area contributed by atoms with Crippen LogP contribution in [0.1, 0.15) is 32.4 Å². The smallest absolute Gasteiger partial charge is 0.305 e. The number of rotatable bonds is 7. The topological polar surface area (TPSA) is 70.5 Å². The van der Waals surface area contributed by atoms with Gasteiger partial charge in [-0.2, -0.15) is 0 Å². The Labute approximate surface area is 113 Å². The predicted molar refractivity (Wildman–Crippen MR) is 71.7 cm³/mol. The number of carbonyl (C=O) groups excluding carboxylic acids is 1. The number of carboxylic acids is 1. The Kier molecular flexibility index (Phi) is 5.99. The second-order valence-corrected chi connectivity index (χ2v) is 4.65. The maximum Gasteiger partial charge on any atom is 0.305 e. The van der Waals surface area contributed by atoms with Crippen LogP contribution in [0.3, 0.4) is 0 Å². The summed E-state index contributed by atoms with van der Waals surface area (Å²) in [6.07, 6.45) is 2.61. The fourth-order valence-corrected chi connectivity index (χ4v) is 1.81. The fraction of sp³-hybridized carbons (Fsp3) is 0.500. The van der Waals surface area contributed by atoms with Crippen molar-refractivity contribution < 1.29 is 14.7 Å². The first-order valence-electron chi connectivity index (χ1n) is 6.42. The minimum atomic E-state index is -0.886. The summed E-state index contributed by atoms with van der Waals surface area (Å²) in [6.45, 7) is 4.04. The quantitative estimate of drug-likeness (QED) is 0.814. The number of hydrogen-bond acceptors (Lipinski definition) is 3. The number of nitrogens with zero attached hydrogens (tertiary/aromatic N) is 2. The molecule has 0 saturated carbocycles. The Morgan fingerprint density at radius 2 is 2.05 bits per heavy atom. The number of aryl methyl sites for hydroxylation is 1. The van der Waals surface area contributed by atoms with Crippen molar-refractivity contribution in [2.24, 2.45) is 0 Å². The molecule has 0 aromatic carbocycles. The fourth-order valence-electron chi connectivity index (χ4n) is 1.81. The number of aliphatic carboxylic acids is 1. The molecule has 5 heteroatoms. The lowest BCUT2D eigenvalue weighted by molar-refractivity contribution is -0.139. The van der Waals surface area contributed by atoms with Crippen LogP contribution in [0.25, 0.3) is 0 Å². The van der Waals surface area contributed by atoms with Gasteiger partial charge in [0.25, 0.3) is 0 Å². The van der Waals surface area contributed by atoms with Gasteiger partial charge in [-0.05, 0) is 32.4 Å². The molecule has 1 amide bonds. The number of aromatic nitrogens is 1. The van der Waals surface area contributed by atoms with E-state index in [1.54, 1.807) is 11.1 Å². The third-order valence-electron chi connectivity index (χ3n) is 2.83. The van der Waals surface area contributed by atoms with Gasteiger partial charge in [-0.3, -0.25) is 14.6 Å². The van der Waals surface area contributed by atoms with Crippen molar-refractivity contribution in [1.29, 1.82) is 0 Å². The summed E-state index contributed by atoms with van der Waals surface area (Å²) in [5, 5.41) is 8.69. The van der Waals surface area contributed by atoms with Gasteiger partial charge in [0.2, 0.25) is 5.91 Å². The molecule has 0 bridgehead atoms. The highest BCUT2D eigenvalue weighted by molar-refractivity contribution is 5.77. The van der Waals surface area contributed by atoms with Crippen LogP contribution in [-0.4, -0.2) is 39.5 Å². The first-order valence-corrected chi connectivity index (χ1v) is 6.42.